The fraction of sp³-hybridized carbons (Fsp3) is 0.148. The molecule has 0 saturated heterocycles. The Kier molecular flexibility index (Phi) is 6.68. The van der Waals surface area contributed by atoms with Crippen LogP contribution in [0.1, 0.15) is 19.4 Å². The average Bonchev–Trinajstić information content (AvgIpc) is 2.82. The number of anilines is 3. The van der Waals surface area contributed by atoms with Crippen LogP contribution in [0.5, 0.6) is 0 Å². The number of para-hydroxylation sites is 1. The Morgan fingerprint density at radius 3 is 2.23 bits per heavy atom. The molecule has 0 spiro atoms. The minimum absolute atomic E-state index is 0.985. The lowest BCUT2D eigenvalue weighted by molar-refractivity contribution is 0.866. The molecule has 0 aromatic heterocycles. The summed E-state index contributed by atoms with van der Waals surface area (Å²) in [5, 5.41) is 9.30. The van der Waals surface area contributed by atoms with E-state index < -0.39 is 0 Å². The summed E-state index contributed by atoms with van der Waals surface area (Å²) >= 11 is 3.74. The largest absolute Gasteiger partial charge is 0.372 e. The Hall–Kier alpha value is -3.11. The molecular weight excluding hydrogens is 446 g/mol. The van der Waals surface area contributed by atoms with Crippen molar-refractivity contribution in [1.29, 1.82) is 0 Å². The number of fused-ring (bicyclic) bond motifs is 1. The van der Waals surface area contributed by atoms with Gasteiger partial charge in [-0.3, -0.25) is 0 Å². The lowest BCUT2D eigenvalue weighted by Gasteiger charge is -2.22. The van der Waals surface area contributed by atoms with Crippen molar-refractivity contribution in [3.05, 3.63) is 101 Å². The van der Waals surface area contributed by atoms with Crippen molar-refractivity contribution in [3.8, 4) is 0 Å². The quantitative estimate of drug-likeness (QED) is 0.204. The summed E-state index contributed by atoms with van der Waals surface area (Å²) in [5.74, 6) is 0. The van der Waals surface area contributed by atoms with Crippen molar-refractivity contribution < 1.29 is 0 Å². The number of nitrogens with zero attached hydrogens (tertiary/aromatic N) is 3. The zero-order valence-electron chi connectivity index (χ0n) is 17.9. The van der Waals surface area contributed by atoms with Gasteiger partial charge in [-0.05, 0) is 49.6 Å². The normalized spacial score (nSPS) is 11.2. The second-order valence-corrected chi connectivity index (χ2v) is 8.12. The minimum Gasteiger partial charge on any atom is -0.372 e. The molecule has 0 fully saturated rings. The van der Waals surface area contributed by atoms with Crippen molar-refractivity contribution in [2.75, 3.05) is 23.0 Å². The Bertz CT molecular complexity index is 1180. The molecule has 0 aliphatic carbocycles. The van der Waals surface area contributed by atoms with Crippen LogP contribution in [0.3, 0.4) is 0 Å². The van der Waals surface area contributed by atoms with Crippen LogP contribution >= 0.6 is 15.9 Å². The Morgan fingerprint density at radius 2 is 1.48 bits per heavy atom. The number of hydrogen-bond donors (Lipinski definition) is 0. The summed E-state index contributed by atoms with van der Waals surface area (Å²) in [7, 11) is 0. The van der Waals surface area contributed by atoms with Gasteiger partial charge in [0.1, 0.15) is 0 Å². The molecule has 0 N–H and O–H groups in total. The van der Waals surface area contributed by atoms with Gasteiger partial charge in [0, 0.05) is 34.2 Å². The number of hydrogen-bond acceptors (Lipinski definition) is 3. The van der Waals surface area contributed by atoms with Gasteiger partial charge >= 0.3 is 0 Å². The molecule has 156 valence electrons. The van der Waals surface area contributed by atoms with Crippen LogP contribution in [0.2, 0.25) is 0 Å². The monoisotopic (exact) mass is 471 g/mol. The molecule has 3 nitrogen and oxygen atoms in total. The summed E-state index contributed by atoms with van der Waals surface area (Å²) in [4.78, 5) is 2.33. The highest BCUT2D eigenvalue weighted by Crippen LogP contribution is 2.33. The maximum atomic E-state index is 4.92. The van der Waals surface area contributed by atoms with Crippen LogP contribution in [0.4, 0.5) is 17.1 Å². The fourth-order valence-corrected chi connectivity index (χ4v) is 4.23. The van der Waals surface area contributed by atoms with E-state index in [1.54, 1.807) is 0 Å². The second kappa shape index (κ2) is 9.80. The fourth-order valence-electron chi connectivity index (χ4n) is 3.76. The molecular formula is C27H26BrN3. The molecule has 0 bridgehead atoms. The zero-order valence-corrected chi connectivity index (χ0v) is 19.5. The Morgan fingerprint density at radius 1 is 0.774 bits per heavy atom. The van der Waals surface area contributed by atoms with E-state index in [1.807, 2.05) is 29.4 Å². The third-order valence-corrected chi connectivity index (χ3v) is 6.11. The smallest absolute Gasteiger partial charge is 0.0730 e. The third-order valence-electron chi connectivity index (χ3n) is 5.42. The molecule has 4 heteroatoms. The van der Waals surface area contributed by atoms with E-state index in [9.17, 15) is 0 Å². The van der Waals surface area contributed by atoms with E-state index in [0.29, 0.717) is 0 Å². The van der Waals surface area contributed by atoms with Gasteiger partial charge in [-0.2, -0.15) is 5.10 Å². The first-order valence-electron chi connectivity index (χ1n) is 10.6. The van der Waals surface area contributed by atoms with Crippen LogP contribution in [-0.4, -0.2) is 19.3 Å². The van der Waals surface area contributed by atoms with Crippen molar-refractivity contribution in [2.45, 2.75) is 13.8 Å². The predicted octanol–water partition coefficient (Wildman–Crippen LogP) is 7.62. The van der Waals surface area contributed by atoms with E-state index in [-0.39, 0.29) is 0 Å². The van der Waals surface area contributed by atoms with Crippen LogP contribution in [-0.2, 0) is 0 Å². The first-order chi connectivity index (χ1) is 15.2. The maximum absolute atomic E-state index is 4.92. The molecule has 0 unspecified atom stereocenters. The second-order valence-electron chi connectivity index (χ2n) is 7.27. The van der Waals surface area contributed by atoms with E-state index in [2.05, 4.69) is 107 Å². The maximum Gasteiger partial charge on any atom is 0.0730 e. The number of benzene rings is 4. The van der Waals surface area contributed by atoms with Crippen LogP contribution in [0, 0.1) is 0 Å². The first kappa shape index (κ1) is 21.1. The molecule has 0 atom stereocenters. The number of hydrazone groups is 1. The molecule has 31 heavy (non-hydrogen) atoms. The van der Waals surface area contributed by atoms with Crippen LogP contribution < -0.4 is 9.91 Å². The van der Waals surface area contributed by atoms with Crippen molar-refractivity contribution in [2.24, 2.45) is 5.10 Å². The van der Waals surface area contributed by atoms with Gasteiger partial charge < -0.3 is 4.90 Å². The minimum atomic E-state index is 0.985. The summed E-state index contributed by atoms with van der Waals surface area (Å²) in [5.41, 5.74) is 4.32. The van der Waals surface area contributed by atoms with Crippen molar-refractivity contribution >= 4 is 50.0 Å². The molecule has 4 aromatic rings. The van der Waals surface area contributed by atoms with Gasteiger partial charge in [0.25, 0.3) is 0 Å². The van der Waals surface area contributed by atoms with Crippen molar-refractivity contribution in [1.82, 2.24) is 0 Å². The molecule has 0 heterocycles. The van der Waals surface area contributed by atoms with E-state index in [0.717, 1.165) is 34.5 Å². The summed E-state index contributed by atoms with van der Waals surface area (Å²) < 4.78 is 1.03. The lowest BCUT2D eigenvalue weighted by Crippen LogP contribution is -2.21. The standard InChI is InChI=1S/C27H26BrN3/c1-3-30(4-2)24-18-17-22(26(28)19-24)20-29-31(23-13-6-5-7-14-23)27-16-10-12-21-11-8-9-15-25(21)27/h5-20H,3-4H2,1-2H3/b29-20-. The van der Waals surface area contributed by atoms with Gasteiger partial charge in [0.05, 0.1) is 17.6 Å². The average molecular weight is 472 g/mol. The molecule has 0 amide bonds. The van der Waals surface area contributed by atoms with Gasteiger partial charge in [-0.15, -0.1) is 0 Å². The number of halogens is 1. The molecule has 0 aliphatic rings. The summed E-state index contributed by atoms with van der Waals surface area (Å²) in [6, 6.07) is 31.5. The third kappa shape index (κ3) is 4.64. The van der Waals surface area contributed by atoms with Gasteiger partial charge in [-0.1, -0.05) is 76.6 Å². The lowest BCUT2D eigenvalue weighted by atomic mass is 10.1. The molecule has 4 aromatic carbocycles. The number of rotatable bonds is 7. The molecule has 0 aliphatic heterocycles. The van der Waals surface area contributed by atoms with Crippen LogP contribution in [0.25, 0.3) is 10.8 Å². The highest BCUT2D eigenvalue weighted by Gasteiger charge is 2.12. The summed E-state index contributed by atoms with van der Waals surface area (Å²) in [6.07, 6.45) is 1.92. The molecule has 0 radical (unpaired) electrons. The Labute approximate surface area is 192 Å². The molecule has 4 rings (SSSR count). The topological polar surface area (TPSA) is 18.8 Å². The van der Waals surface area contributed by atoms with Gasteiger partial charge in [0.2, 0.25) is 0 Å². The van der Waals surface area contributed by atoms with E-state index >= 15 is 0 Å². The van der Waals surface area contributed by atoms with Crippen LogP contribution in [0.15, 0.2) is 101 Å². The zero-order chi connectivity index (χ0) is 21.6. The Balaban J connectivity index is 1.75. The van der Waals surface area contributed by atoms with Crippen molar-refractivity contribution in [3.63, 3.8) is 0 Å². The van der Waals surface area contributed by atoms with E-state index in [4.69, 9.17) is 5.10 Å². The molecule has 0 saturated carbocycles. The van der Waals surface area contributed by atoms with Gasteiger partial charge in [-0.25, -0.2) is 5.01 Å². The highest BCUT2D eigenvalue weighted by molar-refractivity contribution is 9.10. The van der Waals surface area contributed by atoms with Gasteiger partial charge in [0.15, 0.2) is 0 Å². The predicted molar refractivity (Wildman–Crippen MR) is 138 cm³/mol. The summed E-state index contributed by atoms with van der Waals surface area (Å²) in [6.45, 7) is 6.32. The SMILES string of the molecule is CCN(CC)c1ccc(/C=N\N(c2ccccc2)c2cccc3ccccc23)c(Br)c1. The highest BCUT2D eigenvalue weighted by atomic mass is 79.9. The van der Waals surface area contributed by atoms with E-state index in [1.165, 1.54) is 16.5 Å². The first-order valence-corrected chi connectivity index (χ1v) is 11.4.